The Hall–Kier alpha value is -3.22. The summed E-state index contributed by atoms with van der Waals surface area (Å²) in [5.74, 6) is -1.69. The third kappa shape index (κ3) is 4.03. The molecule has 1 N–H and O–H groups in total. The van der Waals surface area contributed by atoms with Crippen molar-refractivity contribution in [2.75, 3.05) is 11.9 Å². The highest BCUT2D eigenvalue weighted by atomic mass is 19.1. The lowest BCUT2D eigenvalue weighted by Crippen LogP contribution is -2.40. The summed E-state index contributed by atoms with van der Waals surface area (Å²) in [4.78, 5) is 36.4. The van der Waals surface area contributed by atoms with Crippen molar-refractivity contribution in [2.24, 2.45) is 0 Å². The van der Waals surface area contributed by atoms with Crippen LogP contribution in [-0.4, -0.2) is 29.9 Å². The van der Waals surface area contributed by atoms with Crippen molar-refractivity contribution in [2.45, 2.75) is 32.3 Å². The van der Waals surface area contributed by atoms with Crippen molar-refractivity contribution < 1.29 is 28.2 Å². The maximum atomic E-state index is 13.0. The number of hydrogen-bond donors (Lipinski definition) is 1. The topological polar surface area (TPSA) is 81.7 Å². The second kappa shape index (κ2) is 7.42. The lowest BCUT2D eigenvalue weighted by molar-refractivity contribution is -0.158. The molecule has 0 bridgehead atoms. The van der Waals surface area contributed by atoms with Gasteiger partial charge in [0.2, 0.25) is 5.91 Å². The summed E-state index contributed by atoms with van der Waals surface area (Å²) in [7, 11) is 0. The number of fused-ring (bicyclic) bond motifs is 1. The van der Waals surface area contributed by atoms with Gasteiger partial charge in [0.1, 0.15) is 11.6 Å². The number of amides is 1. The van der Waals surface area contributed by atoms with Gasteiger partial charge in [0.25, 0.3) is 0 Å². The van der Waals surface area contributed by atoms with Crippen molar-refractivity contribution in [3.05, 3.63) is 59.4 Å². The van der Waals surface area contributed by atoms with Crippen LogP contribution in [0.15, 0.2) is 42.5 Å². The lowest BCUT2D eigenvalue weighted by atomic mass is 9.99. The molecule has 2 aromatic carbocycles. The molecule has 1 atom stereocenters. The number of carbonyl (C=O) groups excluding carboxylic acids is 3. The van der Waals surface area contributed by atoms with Crippen LogP contribution in [0.25, 0.3) is 0 Å². The Morgan fingerprint density at radius 2 is 1.82 bits per heavy atom. The molecule has 0 radical (unpaired) electrons. The SMILES string of the molecule is C[C@H]1C(=O)Nc2ccc(C(=O)COC(=O)C(C)(C)Oc3ccc(F)cc3)cc21. The Balaban J connectivity index is 1.61. The Kier molecular flexibility index (Phi) is 5.18. The molecular weight excluding hydrogens is 365 g/mol. The summed E-state index contributed by atoms with van der Waals surface area (Å²) >= 11 is 0. The maximum absolute atomic E-state index is 13.0. The molecular formula is C21H20FNO5. The van der Waals surface area contributed by atoms with Crippen LogP contribution in [0.2, 0.25) is 0 Å². The number of anilines is 1. The van der Waals surface area contributed by atoms with Gasteiger partial charge < -0.3 is 14.8 Å². The van der Waals surface area contributed by atoms with Crippen LogP contribution in [0.5, 0.6) is 5.75 Å². The van der Waals surface area contributed by atoms with Crippen LogP contribution in [-0.2, 0) is 14.3 Å². The number of hydrogen-bond acceptors (Lipinski definition) is 5. The smallest absolute Gasteiger partial charge is 0.350 e. The fourth-order valence-electron chi connectivity index (χ4n) is 2.82. The number of benzene rings is 2. The van der Waals surface area contributed by atoms with Gasteiger partial charge in [-0.1, -0.05) is 0 Å². The molecule has 0 fully saturated rings. The molecule has 0 unspecified atom stereocenters. The predicted octanol–water partition coefficient (Wildman–Crippen LogP) is 3.46. The summed E-state index contributed by atoms with van der Waals surface area (Å²) in [5, 5.41) is 2.73. The fourth-order valence-corrected chi connectivity index (χ4v) is 2.82. The van der Waals surface area contributed by atoms with E-state index in [4.69, 9.17) is 9.47 Å². The van der Waals surface area contributed by atoms with Gasteiger partial charge in [-0.2, -0.15) is 0 Å². The first kappa shape index (κ1) is 19.5. The van der Waals surface area contributed by atoms with Crippen molar-refractivity contribution in [3.63, 3.8) is 0 Å². The Morgan fingerprint density at radius 1 is 1.14 bits per heavy atom. The number of ether oxygens (including phenoxy) is 2. The number of Topliss-reactive ketones (excluding diaryl/α,β-unsaturated/α-hetero) is 1. The van der Waals surface area contributed by atoms with Gasteiger partial charge in [0.15, 0.2) is 18.0 Å². The van der Waals surface area contributed by atoms with Crippen LogP contribution in [0.3, 0.4) is 0 Å². The van der Waals surface area contributed by atoms with E-state index >= 15 is 0 Å². The number of ketones is 1. The molecule has 146 valence electrons. The molecule has 1 aliphatic heterocycles. The van der Waals surface area contributed by atoms with Crippen LogP contribution in [0, 0.1) is 5.82 Å². The Labute approximate surface area is 161 Å². The van der Waals surface area contributed by atoms with Crippen LogP contribution >= 0.6 is 0 Å². The molecule has 0 aromatic heterocycles. The minimum absolute atomic E-state index is 0.120. The zero-order valence-corrected chi connectivity index (χ0v) is 15.7. The molecule has 3 rings (SSSR count). The van der Waals surface area contributed by atoms with Crippen molar-refractivity contribution in [1.82, 2.24) is 0 Å². The zero-order chi connectivity index (χ0) is 20.5. The summed E-state index contributed by atoms with van der Waals surface area (Å²) < 4.78 is 23.6. The lowest BCUT2D eigenvalue weighted by Gasteiger charge is -2.24. The number of rotatable bonds is 6. The summed E-state index contributed by atoms with van der Waals surface area (Å²) in [5.41, 5.74) is 0.412. The third-order valence-corrected chi connectivity index (χ3v) is 4.50. The average Bonchev–Trinajstić information content (AvgIpc) is 2.94. The van der Waals surface area contributed by atoms with Gasteiger partial charge in [0.05, 0.1) is 5.92 Å². The normalized spacial score (nSPS) is 15.6. The van der Waals surface area contributed by atoms with Crippen LogP contribution in [0.1, 0.15) is 42.6 Å². The third-order valence-electron chi connectivity index (χ3n) is 4.50. The molecule has 7 heteroatoms. The largest absolute Gasteiger partial charge is 0.476 e. The molecule has 0 aliphatic carbocycles. The van der Waals surface area contributed by atoms with Crippen LogP contribution in [0.4, 0.5) is 10.1 Å². The summed E-state index contributed by atoms with van der Waals surface area (Å²) in [6, 6.07) is 10.1. The minimum Gasteiger partial charge on any atom is -0.476 e. The van der Waals surface area contributed by atoms with E-state index in [0.717, 1.165) is 5.56 Å². The summed E-state index contributed by atoms with van der Waals surface area (Å²) in [6.07, 6.45) is 0. The monoisotopic (exact) mass is 385 g/mol. The highest BCUT2D eigenvalue weighted by Crippen LogP contribution is 2.32. The Morgan fingerprint density at radius 3 is 2.50 bits per heavy atom. The van der Waals surface area contributed by atoms with Gasteiger partial charge in [-0.25, -0.2) is 9.18 Å². The number of halogens is 1. The molecule has 6 nitrogen and oxygen atoms in total. The zero-order valence-electron chi connectivity index (χ0n) is 15.7. The van der Waals surface area contributed by atoms with E-state index in [1.165, 1.54) is 38.1 Å². The van der Waals surface area contributed by atoms with Crippen molar-refractivity contribution >= 4 is 23.3 Å². The van der Waals surface area contributed by atoms with Gasteiger partial charge in [-0.15, -0.1) is 0 Å². The molecule has 1 amide bonds. The maximum Gasteiger partial charge on any atom is 0.350 e. The highest BCUT2D eigenvalue weighted by molar-refractivity contribution is 6.05. The van der Waals surface area contributed by atoms with Crippen molar-refractivity contribution in [1.29, 1.82) is 0 Å². The van der Waals surface area contributed by atoms with Gasteiger partial charge in [0, 0.05) is 11.3 Å². The van der Waals surface area contributed by atoms with E-state index in [-0.39, 0.29) is 17.6 Å². The quantitative estimate of drug-likeness (QED) is 0.608. The second-order valence-corrected chi connectivity index (χ2v) is 7.08. The molecule has 2 aromatic rings. The van der Waals surface area contributed by atoms with E-state index in [9.17, 15) is 18.8 Å². The molecule has 1 aliphatic rings. The van der Waals surface area contributed by atoms with Crippen LogP contribution < -0.4 is 10.1 Å². The molecule has 1 heterocycles. The fraction of sp³-hybridized carbons (Fsp3) is 0.286. The van der Waals surface area contributed by atoms with Crippen molar-refractivity contribution in [3.8, 4) is 5.75 Å². The molecule has 28 heavy (non-hydrogen) atoms. The average molecular weight is 385 g/mol. The van der Waals surface area contributed by atoms with Gasteiger partial charge in [-0.3, -0.25) is 9.59 Å². The number of carbonyl (C=O) groups is 3. The standard InChI is InChI=1S/C21H20FNO5/c1-12-16-10-13(4-9-17(16)23-19(12)25)18(24)11-27-20(26)21(2,3)28-15-7-5-14(22)6-8-15/h4-10,12H,11H2,1-3H3,(H,23,25)/t12-/m1/s1. The minimum atomic E-state index is -1.36. The van der Waals surface area contributed by atoms with E-state index in [1.54, 1.807) is 25.1 Å². The second-order valence-electron chi connectivity index (χ2n) is 7.08. The van der Waals surface area contributed by atoms with E-state index in [1.807, 2.05) is 0 Å². The van der Waals surface area contributed by atoms with E-state index in [0.29, 0.717) is 17.0 Å². The first-order chi connectivity index (χ1) is 13.2. The first-order valence-corrected chi connectivity index (χ1v) is 8.77. The summed E-state index contributed by atoms with van der Waals surface area (Å²) in [6.45, 7) is 4.30. The first-order valence-electron chi connectivity index (χ1n) is 8.77. The van der Waals surface area contributed by atoms with Gasteiger partial charge >= 0.3 is 5.97 Å². The number of esters is 1. The molecule has 0 saturated heterocycles. The molecule has 0 saturated carbocycles. The predicted molar refractivity (Wildman–Crippen MR) is 99.9 cm³/mol. The van der Waals surface area contributed by atoms with E-state index in [2.05, 4.69) is 5.32 Å². The van der Waals surface area contributed by atoms with Gasteiger partial charge in [-0.05, 0) is 68.8 Å². The molecule has 0 spiro atoms. The number of nitrogens with one attached hydrogen (secondary N) is 1. The highest BCUT2D eigenvalue weighted by Gasteiger charge is 2.33. The Bertz CT molecular complexity index is 936. The van der Waals surface area contributed by atoms with E-state index < -0.39 is 24.0 Å².